The molecule has 1 aromatic carbocycles. The van der Waals surface area contributed by atoms with E-state index >= 15 is 0 Å². The number of para-hydroxylation sites is 1. The van der Waals surface area contributed by atoms with Crippen molar-refractivity contribution in [2.45, 2.75) is 89.1 Å². The summed E-state index contributed by atoms with van der Waals surface area (Å²) in [6.45, 7) is 0.853. The first-order chi connectivity index (χ1) is 16.6. The number of carbonyl (C=O) groups excluding carboxylic acids is 3. The van der Waals surface area contributed by atoms with E-state index in [9.17, 15) is 14.4 Å². The fourth-order valence-corrected chi connectivity index (χ4v) is 5.79. The Morgan fingerprint density at radius 3 is 1.94 bits per heavy atom. The zero-order valence-corrected chi connectivity index (χ0v) is 20.3. The molecule has 0 aromatic heterocycles. The van der Waals surface area contributed by atoms with Gasteiger partial charge >= 0.3 is 12.0 Å². The highest BCUT2D eigenvalue weighted by Gasteiger charge is 2.34. The van der Waals surface area contributed by atoms with Crippen LogP contribution in [0.25, 0.3) is 0 Å². The molecular weight excluding hydrogens is 430 g/mol. The molecule has 186 valence electrons. The number of amides is 3. The van der Waals surface area contributed by atoms with Gasteiger partial charge in [-0.05, 0) is 50.7 Å². The Kier molecular flexibility index (Phi) is 8.83. The second-order valence-electron chi connectivity index (χ2n) is 10.0. The Hall–Kier alpha value is -2.57. The number of piperidine rings is 1. The van der Waals surface area contributed by atoms with Crippen molar-refractivity contribution in [2.75, 3.05) is 25.0 Å². The van der Waals surface area contributed by atoms with Gasteiger partial charge in [-0.2, -0.15) is 0 Å². The molecule has 1 aliphatic heterocycles. The number of nitrogens with zero attached hydrogens (tertiary/aromatic N) is 2. The van der Waals surface area contributed by atoms with Gasteiger partial charge in [0.05, 0.1) is 5.92 Å². The zero-order valence-electron chi connectivity index (χ0n) is 20.3. The summed E-state index contributed by atoms with van der Waals surface area (Å²) in [5.74, 6) is -0.582. The Morgan fingerprint density at radius 2 is 1.38 bits per heavy atom. The molecule has 1 N–H and O–H groups in total. The first kappa shape index (κ1) is 24.6. The van der Waals surface area contributed by atoms with Crippen LogP contribution in [0.5, 0.6) is 0 Å². The first-order valence-corrected chi connectivity index (χ1v) is 13.2. The molecule has 1 heterocycles. The van der Waals surface area contributed by atoms with E-state index in [1.165, 1.54) is 38.5 Å². The number of benzene rings is 1. The number of likely N-dealkylation sites (tertiary alicyclic amines) is 1. The highest BCUT2D eigenvalue weighted by atomic mass is 16.5. The van der Waals surface area contributed by atoms with Gasteiger partial charge in [-0.1, -0.05) is 56.7 Å². The van der Waals surface area contributed by atoms with Gasteiger partial charge in [-0.3, -0.25) is 9.59 Å². The van der Waals surface area contributed by atoms with Gasteiger partial charge in [0.1, 0.15) is 0 Å². The van der Waals surface area contributed by atoms with Gasteiger partial charge in [0, 0.05) is 30.9 Å². The molecular formula is C27H39N3O4. The van der Waals surface area contributed by atoms with E-state index in [4.69, 9.17) is 4.74 Å². The van der Waals surface area contributed by atoms with E-state index in [0.717, 1.165) is 31.4 Å². The smallest absolute Gasteiger partial charge is 0.321 e. The standard InChI is InChI=1S/C27H39N3O4/c31-25(30(23-12-6-2-7-13-23)24-14-8-3-9-15-24)20-34-26(32)21-16-18-29(19-17-21)27(33)28-22-10-4-1-5-11-22/h1,4-5,10-11,21,23-24H,2-3,6-9,12-20H2,(H,28,33). The van der Waals surface area contributed by atoms with E-state index < -0.39 is 0 Å². The lowest BCUT2D eigenvalue weighted by atomic mass is 9.88. The fraction of sp³-hybridized carbons (Fsp3) is 0.667. The van der Waals surface area contributed by atoms with Crippen molar-refractivity contribution in [2.24, 2.45) is 5.92 Å². The predicted molar refractivity (Wildman–Crippen MR) is 131 cm³/mol. The predicted octanol–water partition coefficient (Wildman–Crippen LogP) is 4.97. The van der Waals surface area contributed by atoms with E-state index in [1.807, 2.05) is 30.3 Å². The molecule has 34 heavy (non-hydrogen) atoms. The highest BCUT2D eigenvalue weighted by molar-refractivity contribution is 5.89. The summed E-state index contributed by atoms with van der Waals surface area (Å²) in [5.41, 5.74) is 0.757. The van der Waals surface area contributed by atoms with Crippen LogP contribution in [0.2, 0.25) is 0 Å². The van der Waals surface area contributed by atoms with Crippen molar-refractivity contribution in [1.29, 1.82) is 0 Å². The van der Waals surface area contributed by atoms with Gasteiger partial charge in [0.15, 0.2) is 6.61 Å². The molecule has 0 atom stereocenters. The zero-order chi connectivity index (χ0) is 23.8. The molecule has 3 amide bonds. The Labute approximate surface area is 203 Å². The Bertz CT molecular complexity index is 792. The van der Waals surface area contributed by atoms with E-state index in [1.54, 1.807) is 4.90 Å². The molecule has 1 saturated heterocycles. The number of anilines is 1. The largest absolute Gasteiger partial charge is 0.455 e. The van der Waals surface area contributed by atoms with E-state index in [2.05, 4.69) is 10.2 Å². The van der Waals surface area contributed by atoms with Crippen molar-refractivity contribution < 1.29 is 19.1 Å². The summed E-state index contributed by atoms with van der Waals surface area (Å²) in [6.07, 6.45) is 12.6. The third-order valence-corrected chi connectivity index (χ3v) is 7.70. The maximum Gasteiger partial charge on any atom is 0.321 e. The first-order valence-electron chi connectivity index (χ1n) is 13.2. The third kappa shape index (κ3) is 6.51. The van der Waals surface area contributed by atoms with Gasteiger partial charge in [0.25, 0.3) is 5.91 Å². The van der Waals surface area contributed by atoms with Crippen LogP contribution in [-0.4, -0.2) is 59.5 Å². The molecule has 0 spiro atoms. The van der Waals surface area contributed by atoms with Crippen molar-refractivity contribution >= 4 is 23.6 Å². The quantitative estimate of drug-likeness (QED) is 0.597. The number of hydrogen-bond acceptors (Lipinski definition) is 4. The Morgan fingerprint density at radius 1 is 0.824 bits per heavy atom. The average Bonchev–Trinajstić information content (AvgIpc) is 2.89. The van der Waals surface area contributed by atoms with E-state index in [0.29, 0.717) is 38.0 Å². The number of esters is 1. The number of carbonyl (C=O) groups is 3. The molecule has 4 rings (SSSR count). The van der Waals surface area contributed by atoms with Crippen molar-refractivity contribution in [3.05, 3.63) is 30.3 Å². The summed E-state index contributed by atoms with van der Waals surface area (Å²) >= 11 is 0. The molecule has 7 heteroatoms. The van der Waals surface area contributed by atoms with Crippen LogP contribution in [0.3, 0.4) is 0 Å². The van der Waals surface area contributed by atoms with Crippen LogP contribution in [0.1, 0.15) is 77.0 Å². The summed E-state index contributed by atoms with van der Waals surface area (Å²) in [7, 11) is 0. The van der Waals surface area contributed by atoms with Gasteiger partial charge in [0.2, 0.25) is 0 Å². The highest BCUT2D eigenvalue weighted by Crippen LogP contribution is 2.30. The van der Waals surface area contributed by atoms with Crippen molar-refractivity contribution in [3.8, 4) is 0 Å². The molecule has 0 radical (unpaired) electrons. The maximum atomic E-state index is 13.2. The number of rotatable bonds is 6. The topological polar surface area (TPSA) is 79.0 Å². The summed E-state index contributed by atoms with van der Waals surface area (Å²) in [6, 6.07) is 9.81. The normalized spacial score (nSPS) is 20.5. The summed E-state index contributed by atoms with van der Waals surface area (Å²) in [4.78, 5) is 42.3. The maximum absolute atomic E-state index is 13.2. The molecule has 3 aliphatic rings. The molecule has 1 aromatic rings. The molecule has 0 unspecified atom stereocenters. The second-order valence-corrected chi connectivity index (χ2v) is 10.0. The minimum atomic E-state index is -0.302. The lowest BCUT2D eigenvalue weighted by molar-refractivity contribution is -0.159. The lowest BCUT2D eigenvalue weighted by Gasteiger charge is -2.41. The lowest BCUT2D eigenvalue weighted by Crippen LogP contribution is -2.50. The molecule has 2 saturated carbocycles. The van der Waals surface area contributed by atoms with Crippen LogP contribution in [-0.2, 0) is 14.3 Å². The van der Waals surface area contributed by atoms with Crippen molar-refractivity contribution in [3.63, 3.8) is 0 Å². The number of urea groups is 1. The SMILES string of the molecule is O=C(OCC(=O)N(C1CCCCC1)C1CCCCC1)C1CCN(C(=O)Nc2ccccc2)CC1. The summed E-state index contributed by atoms with van der Waals surface area (Å²) in [5, 5.41) is 2.89. The minimum Gasteiger partial charge on any atom is -0.455 e. The molecule has 3 fully saturated rings. The van der Waals surface area contributed by atoms with Crippen molar-refractivity contribution in [1.82, 2.24) is 9.80 Å². The average molecular weight is 470 g/mol. The summed E-state index contributed by atoms with van der Waals surface area (Å²) < 4.78 is 5.55. The third-order valence-electron chi connectivity index (χ3n) is 7.70. The monoisotopic (exact) mass is 469 g/mol. The second kappa shape index (κ2) is 12.2. The fourth-order valence-electron chi connectivity index (χ4n) is 5.79. The van der Waals surface area contributed by atoms with Crippen LogP contribution in [0.15, 0.2) is 30.3 Å². The number of ether oxygens (including phenoxy) is 1. The number of nitrogens with one attached hydrogen (secondary N) is 1. The molecule has 7 nitrogen and oxygen atoms in total. The van der Waals surface area contributed by atoms with Crippen LogP contribution in [0.4, 0.5) is 10.5 Å². The van der Waals surface area contributed by atoms with Gasteiger partial charge in [-0.15, -0.1) is 0 Å². The minimum absolute atomic E-state index is 0.0215. The van der Waals surface area contributed by atoms with Crippen LogP contribution >= 0.6 is 0 Å². The number of hydrogen-bond donors (Lipinski definition) is 1. The van der Waals surface area contributed by atoms with Crippen LogP contribution < -0.4 is 5.32 Å². The molecule has 2 aliphatic carbocycles. The Balaban J connectivity index is 1.24. The van der Waals surface area contributed by atoms with E-state index in [-0.39, 0.29) is 30.4 Å². The van der Waals surface area contributed by atoms with Gasteiger partial charge < -0.3 is 19.9 Å². The molecule has 0 bridgehead atoms. The van der Waals surface area contributed by atoms with Crippen LogP contribution in [0, 0.1) is 5.92 Å². The van der Waals surface area contributed by atoms with Gasteiger partial charge in [-0.25, -0.2) is 4.79 Å².